The van der Waals surface area contributed by atoms with Gasteiger partial charge in [0.15, 0.2) is 0 Å². The van der Waals surface area contributed by atoms with Crippen molar-refractivity contribution < 1.29 is 18.3 Å². The zero-order valence-electron chi connectivity index (χ0n) is 9.89. The molecule has 0 atom stereocenters. The van der Waals surface area contributed by atoms with Crippen LogP contribution >= 0.6 is 0 Å². The number of aryl methyl sites for hydroxylation is 1. The van der Waals surface area contributed by atoms with Gasteiger partial charge in [0, 0.05) is 0 Å². The van der Waals surface area contributed by atoms with Crippen LogP contribution in [0.4, 0.5) is 5.69 Å². The zero-order valence-corrected chi connectivity index (χ0v) is 10.7. The number of aromatic carboxylic acids is 1. The molecule has 0 aliphatic heterocycles. The maximum absolute atomic E-state index is 11.7. The molecule has 6 heteroatoms. The Balaban J connectivity index is 3.25. The van der Waals surface area contributed by atoms with E-state index in [0.29, 0.717) is 5.56 Å². The molecule has 94 valence electrons. The summed E-state index contributed by atoms with van der Waals surface area (Å²) in [7, 11) is -3.54. The van der Waals surface area contributed by atoms with E-state index in [-0.39, 0.29) is 11.3 Å². The van der Waals surface area contributed by atoms with E-state index < -0.39 is 21.2 Å². The van der Waals surface area contributed by atoms with E-state index in [0.717, 1.165) is 0 Å². The second-order valence-corrected chi connectivity index (χ2v) is 6.24. The van der Waals surface area contributed by atoms with Gasteiger partial charge in [-0.15, -0.1) is 0 Å². The monoisotopic (exact) mass is 257 g/mol. The molecule has 5 nitrogen and oxygen atoms in total. The zero-order chi connectivity index (χ0) is 13.2. The van der Waals surface area contributed by atoms with Gasteiger partial charge in [-0.2, -0.15) is 0 Å². The third-order valence-electron chi connectivity index (χ3n) is 2.36. The summed E-state index contributed by atoms with van der Waals surface area (Å²) >= 11 is 0. The topological polar surface area (TPSA) is 83.5 Å². The van der Waals surface area contributed by atoms with Gasteiger partial charge >= 0.3 is 5.97 Å². The number of nitrogens with one attached hydrogen (secondary N) is 1. The van der Waals surface area contributed by atoms with Gasteiger partial charge in [-0.25, -0.2) is 13.2 Å². The fourth-order valence-electron chi connectivity index (χ4n) is 1.31. The molecule has 0 aliphatic carbocycles. The number of hydrogen-bond donors (Lipinski definition) is 2. The summed E-state index contributed by atoms with van der Waals surface area (Å²) in [5, 5.41) is 8.43. The van der Waals surface area contributed by atoms with E-state index in [4.69, 9.17) is 5.11 Å². The lowest BCUT2D eigenvalue weighted by molar-refractivity contribution is 0.0697. The molecule has 0 amide bonds. The van der Waals surface area contributed by atoms with Crippen molar-refractivity contribution in [1.82, 2.24) is 0 Å². The van der Waals surface area contributed by atoms with Crippen LogP contribution in [-0.4, -0.2) is 24.7 Å². The summed E-state index contributed by atoms with van der Waals surface area (Å²) in [5.74, 6) is -1.15. The minimum Gasteiger partial charge on any atom is -0.478 e. The van der Waals surface area contributed by atoms with Crippen molar-refractivity contribution in [3.63, 3.8) is 0 Å². The average Bonchev–Trinajstić information content (AvgIpc) is 2.15. The normalized spacial score (nSPS) is 11.5. The third kappa shape index (κ3) is 2.97. The standard InChI is InChI=1S/C11H15NO4S/c1-7(2)17(15,16)12-9-6-4-5-8(3)10(9)11(13)14/h4-7,12H,1-3H3,(H,13,14). The molecule has 0 saturated heterocycles. The number of rotatable bonds is 4. The number of hydrogen-bond acceptors (Lipinski definition) is 3. The first-order chi connectivity index (χ1) is 7.75. The van der Waals surface area contributed by atoms with Gasteiger partial charge in [-0.3, -0.25) is 4.72 Å². The Morgan fingerprint density at radius 2 is 1.94 bits per heavy atom. The summed E-state index contributed by atoms with van der Waals surface area (Å²) in [5.41, 5.74) is 0.601. The first kappa shape index (κ1) is 13.5. The summed E-state index contributed by atoms with van der Waals surface area (Å²) in [6, 6.07) is 4.67. The molecular formula is C11H15NO4S. The van der Waals surface area contributed by atoms with E-state index >= 15 is 0 Å². The Morgan fingerprint density at radius 1 is 1.35 bits per heavy atom. The molecule has 1 aromatic rings. The van der Waals surface area contributed by atoms with Gasteiger partial charge < -0.3 is 5.11 Å². The van der Waals surface area contributed by atoms with Gasteiger partial charge in [0.25, 0.3) is 0 Å². The lowest BCUT2D eigenvalue weighted by Crippen LogP contribution is -2.23. The molecule has 0 spiro atoms. The lowest BCUT2D eigenvalue weighted by atomic mass is 10.1. The number of carboxylic acids is 1. The molecule has 2 N–H and O–H groups in total. The van der Waals surface area contributed by atoms with Crippen molar-refractivity contribution in [2.75, 3.05) is 4.72 Å². The maximum Gasteiger partial charge on any atom is 0.338 e. The van der Waals surface area contributed by atoms with Gasteiger partial charge in [-0.1, -0.05) is 12.1 Å². The van der Waals surface area contributed by atoms with Crippen molar-refractivity contribution in [1.29, 1.82) is 0 Å². The Bertz CT molecular complexity index is 534. The predicted octanol–water partition coefficient (Wildman–Crippen LogP) is 1.84. The number of sulfonamides is 1. The van der Waals surface area contributed by atoms with Crippen LogP contribution in [0.25, 0.3) is 0 Å². The number of anilines is 1. The molecule has 17 heavy (non-hydrogen) atoms. The summed E-state index contributed by atoms with van der Waals surface area (Å²) < 4.78 is 25.7. The molecule has 1 aromatic carbocycles. The first-order valence-electron chi connectivity index (χ1n) is 5.10. The van der Waals surface area contributed by atoms with Crippen molar-refractivity contribution in [3.05, 3.63) is 29.3 Å². The molecule has 0 fully saturated rings. The fourth-order valence-corrected chi connectivity index (χ4v) is 2.02. The van der Waals surface area contributed by atoms with Crippen LogP contribution < -0.4 is 4.72 Å². The highest BCUT2D eigenvalue weighted by Crippen LogP contribution is 2.21. The lowest BCUT2D eigenvalue weighted by Gasteiger charge is -2.13. The maximum atomic E-state index is 11.7. The minimum atomic E-state index is -3.54. The van der Waals surface area contributed by atoms with Crippen LogP contribution in [0.15, 0.2) is 18.2 Å². The summed E-state index contributed by atoms with van der Waals surface area (Å²) in [6.45, 7) is 4.67. The highest BCUT2D eigenvalue weighted by Gasteiger charge is 2.20. The number of carbonyl (C=O) groups is 1. The van der Waals surface area contributed by atoms with Crippen LogP contribution in [0.2, 0.25) is 0 Å². The largest absolute Gasteiger partial charge is 0.478 e. The van der Waals surface area contributed by atoms with E-state index in [1.807, 2.05) is 0 Å². The highest BCUT2D eigenvalue weighted by molar-refractivity contribution is 7.93. The van der Waals surface area contributed by atoms with Crippen molar-refractivity contribution >= 4 is 21.7 Å². The Hall–Kier alpha value is -1.56. The van der Waals surface area contributed by atoms with Crippen LogP contribution in [-0.2, 0) is 10.0 Å². The molecule has 0 bridgehead atoms. The van der Waals surface area contributed by atoms with Gasteiger partial charge in [-0.05, 0) is 32.4 Å². The summed E-state index contributed by atoms with van der Waals surface area (Å²) in [6.07, 6.45) is 0. The average molecular weight is 257 g/mol. The van der Waals surface area contributed by atoms with Gasteiger partial charge in [0.1, 0.15) is 0 Å². The fraction of sp³-hybridized carbons (Fsp3) is 0.364. The molecule has 0 radical (unpaired) electrons. The van der Waals surface area contributed by atoms with Gasteiger partial charge in [0.2, 0.25) is 10.0 Å². The number of benzene rings is 1. The van der Waals surface area contributed by atoms with E-state index in [1.165, 1.54) is 19.9 Å². The predicted molar refractivity (Wildman–Crippen MR) is 65.8 cm³/mol. The SMILES string of the molecule is Cc1cccc(NS(=O)(=O)C(C)C)c1C(=O)O. The van der Waals surface area contributed by atoms with Crippen LogP contribution in [0.1, 0.15) is 29.8 Å². The molecule has 0 unspecified atom stereocenters. The van der Waals surface area contributed by atoms with Crippen molar-refractivity contribution in [3.8, 4) is 0 Å². The van der Waals surface area contributed by atoms with Crippen molar-refractivity contribution in [2.24, 2.45) is 0 Å². The van der Waals surface area contributed by atoms with Gasteiger partial charge in [0.05, 0.1) is 16.5 Å². The highest BCUT2D eigenvalue weighted by atomic mass is 32.2. The smallest absolute Gasteiger partial charge is 0.338 e. The minimum absolute atomic E-state index is 0.0169. The second kappa shape index (κ2) is 4.75. The molecule has 0 heterocycles. The second-order valence-electron chi connectivity index (χ2n) is 4.00. The molecular weight excluding hydrogens is 242 g/mol. The van der Waals surface area contributed by atoms with Crippen LogP contribution in [0, 0.1) is 6.92 Å². The first-order valence-corrected chi connectivity index (χ1v) is 6.65. The van der Waals surface area contributed by atoms with Crippen LogP contribution in [0.3, 0.4) is 0 Å². The number of carboxylic acid groups (broad SMARTS) is 1. The van der Waals surface area contributed by atoms with E-state index in [1.54, 1.807) is 19.1 Å². The van der Waals surface area contributed by atoms with E-state index in [2.05, 4.69) is 4.72 Å². The molecule has 0 saturated carbocycles. The molecule has 1 rings (SSSR count). The van der Waals surface area contributed by atoms with E-state index in [9.17, 15) is 13.2 Å². The van der Waals surface area contributed by atoms with Crippen molar-refractivity contribution in [2.45, 2.75) is 26.0 Å². The Labute approximate surface area is 101 Å². The van der Waals surface area contributed by atoms with Crippen LogP contribution in [0.5, 0.6) is 0 Å². The third-order valence-corrected chi connectivity index (χ3v) is 4.11. The summed E-state index contributed by atoms with van der Waals surface area (Å²) in [4.78, 5) is 11.1. The Morgan fingerprint density at radius 3 is 2.41 bits per heavy atom. The Kier molecular flexibility index (Phi) is 3.77. The molecule has 0 aromatic heterocycles. The quantitative estimate of drug-likeness (QED) is 0.862. The molecule has 0 aliphatic rings.